The van der Waals surface area contributed by atoms with E-state index in [9.17, 15) is 5.26 Å². The molecule has 0 saturated carbocycles. The largest absolute Gasteiger partial charge is 0.309 e. The van der Waals surface area contributed by atoms with Gasteiger partial charge in [0.05, 0.1) is 73.2 Å². The van der Waals surface area contributed by atoms with Gasteiger partial charge in [-0.05, 0) is 78.9 Å². The molecule has 0 aliphatic heterocycles. The smallest absolute Gasteiger partial charge is 0.160 e. The molecule has 15 aromatic rings. The lowest BCUT2D eigenvalue weighted by molar-refractivity contribution is 1.15. The lowest BCUT2D eigenvalue weighted by Gasteiger charge is -2.24. The fourth-order valence-electron chi connectivity index (χ4n) is 11.9. The Morgan fingerprint density at radius 3 is 1.09 bits per heavy atom. The van der Waals surface area contributed by atoms with E-state index < -0.39 is 0 Å². The molecule has 0 aliphatic carbocycles. The van der Waals surface area contributed by atoms with Crippen molar-refractivity contribution in [2.45, 2.75) is 0 Å². The van der Waals surface area contributed by atoms with E-state index in [4.69, 9.17) is 9.97 Å². The summed E-state index contributed by atoms with van der Waals surface area (Å²) >= 11 is 0. The second-order valence-electron chi connectivity index (χ2n) is 19.6. The molecule has 0 fully saturated rings. The van der Waals surface area contributed by atoms with Crippen molar-refractivity contribution < 1.29 is 0 Å². The Balaban J connectivity index is 1.14. The van der Waals surface area contributed by atoms with Crippen LogP contribution in [0.3, 0.4) is 0 Å². The van der Waals surface area contributed by atoms with Crippen LogP contribution in [0.2, 0.25) is 0 Å². The molecule has 4 heterocycles. The number of nitriles is 1. The third kappa shape index (κ3) is 7.03. The second kappa shape index (κ2) is 17.8. The minimum Gasteiger partial charge on any atom is -0.309 e. The zero-order chi connectivity index (χ0) is 51.0. The summed E-state index contributed by atoms with van der Waals surface area (Å²) in [5, 5.41) is 17.2. The predicted octanol–water partition coefficient (Wildman–Crippen LogP) is 18.0. The number of benzene rings is 11. The number of para-hydroxylation sites is 7. The molecule has 0 saturated heterocycles. The summed E-state index contributed by atoms with van der Waals surface area (Å²) < 4.78 is 7.28. The van der Waals surface area contributed by atoms with Gasteiger partial charge in [-0.3, -0.25) is 0 Å². The van der Waals surface area contributed by atoms with Crippen molar-refractivity contribution in [3.05, 3.63) is 272 Å². The summed E-state index contributed by atoms with van der Waals surface area (Å²) in [4.78, 5) is 11.1. The van der Waals surface area contributed by atoms with Crippen LogP contribution >= 0.6 is 0 Å². The van der Waals surface area contributed by atoms with Gasteiger partial charge in [0.15, 0.2) is 5.82 Å². The number of hydrogen-bond donors (Lipinski definition) is 0. The van der Waals surface area contributed by atoms with Crippen molar-refractivity contribution in [1.82, 2.24) is 23.7 Å². The first kappa shape index (κ1) is 43.9. The van der Waals surface area contributed by atoms with Gasteiger partial charge in [0.25, 0.3) is 0 Å². The van der Waals surface area contributed by atoms with Crippen LogP contribution in [0, 0.1) is 11.3 Å². The molecule has 15 rings (SSSR count). The number of hydrogen-bond acceptors (Lipinski definition) is 3. The molecule has 358 valence electrons. The maximum Gasteiger partial charge on any atom is 0.160 e. The predicted molar refractivity (Wildman–Crippen MR) is 317 cm³/mol. The van der Waals surface area contributed by atoms with Gasteiger partial charge in [-0.2, -0.15) is 5.26 Å². The molecule has 0 bridgehead atoms. The van der Waals surface area contributed by atoms with Gasteiger partial charge in [0.2, 0.25) is 0 Å². The van der Waals surface area contributed by atoms with Crippen molar-refractivity contribution in [3.63, 3.8) is 0 Å². The number of rotatable bonds is 8. The van der Waals surface area contributed by atoms with Crippen LogP contribution in [-0.4, -0.2) is 23.7 Å². The highest BCUT2D eigenvalue weighted by molar-refractivity contribution is 6.14. The molecule has 0 spiro atoms. The van der Waals surface area contributed by atoms with Crippen LogP contribution in [0.25, 0.3) is 139 Å². The Hall–Kier alpha value is -10.6. The van der Waals surface area contributed by atoms with E-state index in [1.807, 2.05) is 24.3 Å². The Labute approximate surface area is 443 Å². The fourth-order valence-corrected chi connectivity index (χ4v) is 11.9. The summed E-state index contributed by atoms with van der Waals surface area (Å²) in [5.41, 5.74) is 18.6. The van der Waals surface area contributed by atoms with Gasteiger partial charge in [-0.25, -0.2) is 9.97 Å². The third-order valence-electron chi connectivity index (χ3n) is 15.3. The number of fused-ring (bicyclic) bond motifs is 9. The average molecular weight is 981 g/mol. The molecule has 0 N–H and O–H groups in total. The maximum absolute atomic E-state index is 10.4. The Morgan fingerprint density at radius 1 is 0.286 bits per heavy atom. The zero-order valence-corrected chi connectivity index (χ0v) is 41.6. The van der Waals surface area contributed by atoms with Crippen LogP contribution in [0.4, 0.5) is 0 Å². The number of nitrogens with zero attached hydrogens (tertiary/aromatic N) is 6. The zero-order valence-electron chi connectivity index (χ0n) is 41.6. The minimum absolute atomic E-state index is 0.601. The molecule has 77 heavy (non-hydrogen) atoms. The molecular weight excluding hydrogens is 937 g/mol. The maximum atomic E-state index is 10.4. The highest BCUT2D eigenvalue weighted by Gasteiger charge is 2.27. The minimum atomic E-state index is 0.601. The van der Waals surface area contributed by atoms with Crippen LogP contribution in [0.1, 0.15) is 5.56 Å². The standard InChI is InChI=1S/C71H44N6/c72-45-46-39-40-69-57(41-46)54-29-11-20-38-68(54)77(69)70-58(55-30-12-18-36-66(55)75-62-32-14-7-25-50(62)51-26-8-15-33-63(51)75)42-49(71-73-60(47-21-3-1-4-22-47)44-61(74-71)48-23-5-2-6-24-48)43-59(70)56-31-13-19-37-67(56)76-64-34-16-9-27-52(64)53-28-10-17-35-65(53)76/h1-44H. The van der Waals surface area contributed by atoms with E-state index in [1.54, 1.807) is 0 Å². The SMILES string of the molecule is N#Cc1ccc2c(c1)c1ccccc1n2-c1c(-c2ccccc2-n2c3ccccc3c3ccccc32)cc(-c2nc(-c3ccccc3)cc(-c3ccccc3)n2)cc1-c1ccccc1-n1c2ccccc2c2ccccc21. The molecular formula is C71H44N6. The molecule has 11 aromatic carbocycles. The number of aromatic nitrogens is 5. The first-order valence-electron chi connectivity index (χ1n) is 26.0. The Morgan fingerprint density at radius 2 is 0.649 bits per heavy atom. The van der Waals surface area contributed by atoms with Gasteiger partial charge in [0.1, 0.15) is 0 Å². The molecule has 4 aromatic heterocycles. The van der Waals surface area contributed by atoms with Gasteiger partial charge in [0, 0.05) is 71.3 Å². The Kier molecular flexibility index (Phi) is 10.2. The van der Waals surface area contributed by atoms with Crippen LogP contribution in [0.5, 0.6) is 0 Å². The van der Waals surface area contributed by atoms with Crippen LogP contribution in [-0.2, 0) is 0 Å². The average Bonchev–Trinajstić information content (AvgIpc) is 4.31. The summed E-state index contributed by atoms with van der Waals surface area (Å²) in [7, 11) is 0. The molecule has 0 aliphatic rings. The van der Waals surface area contributed by atoms with E-state index in [0.29, 0.717) is 11.4 Å². The first-order chi connectivity index (χ1) is 38.2. The normalized spacial score (nSPS) is 11.6. The Bertz CT molecular complexity index is 4540. The highest BCUT2D eigenvalue weighted by atomic mass is 15.0. The lowest BCUT2D eigenvalue weighted by atomic mass is 9.90. The van der Waals surface area contributed by atoms with Gasteiger partial charge >= 0.3 is 0 Å². The molecule has 0 radical (unpaired) electrons. The van der Waals surface area contributed by atoms with E-state index in [2.05, 4.69) is 262 Å². The fraction of sp³-hybridized carbons (Fsp3) is 0. The van der Waals surface area contributed by atoms with Gasteiger partial charge < -0.3 is 13.7 Å². The van der Waals surface area contributed by atoms with Gasteiger partial charge in [-0.15, -0.1) is 0 Å². The third-order valence-corrected chi connectivity index (χ3v) is 15.3. The van der Waals surface area contributed by atoms with Crippen molar-refractivity contribution in [1.29, 1.82) is 5.26 Å². The summed E-state index contributed by atoms with van der Waals surface area (Å²) in [6, 6.07) is 97.1. The summed E-state index contributed by atoms with van der Waals surface area (Å²) in [6.45, 7) is 0. The van der Waals surface area contributed by atoms with E-state index >= 15 is 0 Å². The monoisotopic (exact) mass is 980 g/mol. The quantitative estimate of drug-likeness (QED) is 0.152. The van der Waals surface area contributed by atoms with Crippen molar-refractivity contribution in [2.24, 2.45) is 0 Å². The lowest BCUT2D eigenvalue weighted by Crippen LogP contribution is -2.06. The molecule has 0 amide bonds. The van der Waals surface area contributed by atoms with Crippen molar-refractivity contribution in [2.75, 3.05) is 0 Å². The summed E-state index contributed by atoms with van der Waals surface area (Å²) in [5.74, 6) is 0.601. The van der Waals surface area contributed by atoms with E-state index in [1.165, 1.54) is 21.5 Å². The second-order valence-corrected chi connectivity index (χ2v) is 19.6. The van der Waals surface area contributed by atoms with Crippen molar-refractivity contribution in [3.8, 4) is 79.3 Å². The molecule has 0 atom stereocenters. The summed E-state index contributed by atoms with van der Waals surface area (Å²) in [6.07, 6.45) is 0. The van der Waals surface area contributed by atoms with Crippen molar-refractivity contribution >= 4 is 65.4 Å². The highest BCUT2D eigenvalue weighted by Crippen LogP contribution is 2.48. The van der Waals surface area contributed by atoms with E-state index in [-0.39, 0.29) is 0 Å². The topological polar surface area (TPSA) is 64.4 Å². The van der Waals surface area contributed by atoms with Crippen LogP contribution < -0.4 is 0 Å². The molecule has 6 heteroatoms. The molecule has 0 unspecified atom stereocenters. The first-order valence-corrected chi connectivity index (χ1v) is 26.0. The van der Waals surface area contributed by atoms with Gasteiger partial charge in [-0.1, -0.05) is 188 Å². The van der Waals surface area contributed by atoms with E-state index in [0.717, 1.165) is 111 Å². The van der Waals surface area contributed by atoms with Crippen LogP contribution in [0.15, 0.2) is 267 Å². The molecule has 6 nitrogen and oxygen atoms in total.